The van der Waals surface area contributed by atoms with Gasteiger partial charge in [0.25, 0.3) is 10.0 Å². The van der Waals surface area contributed by atoms with Crippen LogP contribution in [0.3, 0.4) is 0 Å². The van der Waals surface area contributed by atoms with Gasteiger partial charge in [0.2, 0.25) is 0 Å². The van der Waals surface area contributed by atoms with E-state index in [4.69, 9.17) is 5.11 Å². The van der Waals surface area contributed by atoms with Crippen molar-refractivity contribution >= 4 is 21.8 Å². The lowest BCUT2D eigenvalue weighted by molar-refractivity contribution is 0.0686. The van der Waals surface area contributed by atoms with E-state index in [9.17, 15) is 13.2 Å². The maximum atomic E-state index is 11.9. The van der Waals surface area contributed by atoms with Gasteiger partial charge >= 0.3 is 5.97 Å². The lowest BCUT2D eigenvalue weighted by Crippen LogP contribution is -2.12. The zero-order chi connectivity index (χ0) is 13.3. The summed E-state index contributed by atoms with van der Waals surface area (Å²) in [7, 11) is -2.37. The van der Waals surface area contributed by atoms with Crippen molar-refractivity contribution in [2.75, 3.05) is 4.72 Å². The van der Waals surface area contributed by atoms with Gasteiger partial charge in [0.15, 0.2) is 0 Å². The number of aryl methyl sites for hydroxylation is 1. The van der Waals surface area contributed by atoms with Crippen molar-refractivity contribution in [3.05, 3.63) is 30.2 Å². The third-order valence-electron chi connectivity index (χ3n) is 2.25. The first-order valence-corrected chi connectivity index (χ1v) is 6.30. The minimum absolute atomic E-state index is 0.111. The van der Waals surface area contributed by atoms with Crippen LogP contribution in [0.4, 0.5) is 5.82 Å². The molecule has 0 spiro atoms. The van der Waals surface area contributed by atoms with Gasteiger partial charge in [-0.25, -0.2) is 13.2 Å². The summed E-state index contributed by atoms with van der Waals surface area (Å²) in [5.41, 5.74) is -0.111. The number of carboxylic acids is 1. The van der Waals surface area contributed by atoms with Gasteiger partial charge in [-0.1, -0.05) is 0 Å². The molecule has 0 amide bonds. The van der Waals surface area contributed by atoms with Crippen LogP contribution in [-0.4, -0.2) is 34.3 Å². The Morgan fingerprint density at radius 1 is 1.56 bits per heavy atom. The molecule has 8 nitrogen and oxygen atoms in total. The Balaban J connectivity index is 2.36. The molecule has 0 atom stereocenters. The number of nitrogens with zero attached hydrogens (tertiary/aromatic N) is 2. The molecule has 18 heavy (non-hydrogen) atoms. The van der Waals surface area contributed by atoms with E-state index in [1.807, 2.05) is 0 Å². The van der Waals surface area contributed by atoms with Gasteiger partial charge in [-0.15, -0.1) is 0 Å². The van der Waals surface area contributed by atoms with Crippen molar-refractivity contribution in [2.24, 2.45) is 7.05 Å². The Hall–Kier alpha value is -2.29. The average molecular weight is 270 g/mol. The number of H-pyrrole nitrogens is 1. The van der Waals surface area contributed by atoms with Crippen molar-refractivity contribution in [1.82, 2.24) is 14.8 Å². The Labute approximate surface area is 102 Å². The molecule has 9 heteroatoms. The monoisotopic (exact) mass is 270 g/mol. The minimum atomic E-state index is -3.82. The second-order valence-corrected chi connectivity index (χ2v) is 5.24. The normalized spacial score (nSPS) is 11.4. The predicted molar refractivity (Wildman–Crippen MR) is 61.8 cm³/mol. The second-order valence-electron chi connectivity index (χ2n) is 3.55. The van der Waals surface area contributed by atoms with E-state index < -0.39 is 16.0 Å². The molecule has 2 aromatic heterocycles. The van der Waals surface area contributed by atoms with Crippen LogP contribution in [-0.2, 0) is 17.1 Å². The van der Waals surface area contributed by atoms with Crippen LogP contribution in [0.2, 0.25) is 0 Å². The predicted octanol–water partition coefficient (Wildman–Crippen LogP) is 0.247. The van der Waals surface area contributed by atoms with Gasteiger partial charge in [0, 0.05) is 19.3 Å². The fraction of sp³-hybridized carbons (Fsp3) is 0.111. The van der Waals surface area contributed by atoms with Gasteiger partial charge in [0.1, 0.15) is 16.4 Å². The third kappa shape index (κ3) is 2.20. The molecule has 2 aromatic rings. The first-order chi connectivity index (χ1) is 8.40. The highest BCUT2D eigenvalue weighted by Gasteiger charge is 2.20. The molecular weight excluding hydrogens is 260 g/mol. The topological polar surface area (TPSA) is 117 Å². The number of aromatic amines is 1. The number of rotatable bonds is 4. The maximum absolute atomic E-state index is 11.9. The first kappa shape index (κ1) is 12.2. The highest BCUT2D eigenvalue weighted by Crippen LogP contribution is 2.16. The number of carboxylic acid groups (broad SMARTS) is 1. The molecule has 0 fully saturated rings. The van der Waals surface area contributed by atoms with Crippen LogP contribution in [0.1, 0.15) is 10.5 Å². The van der Waals surface area contributed by atoms with Gasteiger partial charge in [0.05, 0.1) is 6.20 Å². The molecule has 0 aliphatic carbocycles. The molecule has 0 radical (unpaired) electrons. The molecule has 96 valence electrons. The Morgan fingerprint density at radius 2 is 2.28 bits per heavy atom. The number of aromatic nitrogens is 3. The molecule has 0 unspecified atom stereocenters. The molecule has 0 bridgehead atoms. The summed E-state index contributed by atoms with van der Waals surface area (Å²) >= 11 is 0. The number of aromatic carboxylic acids is 1. The van der Waals surface area contributed by atoms with E-state index in [1.54, 1.807) is 0 Å². The maximum Gasteiger partial charge on any atom is 0.352 e. The molecule has 0 saturated heterocycles. The number of hydrogen-bond donors (Lipinski definition) is 3. The van der Waals surface area contributed by atoms with Crippen LogP contribution >= 0.6 is 0 Å². The lowest BCUT2D eigenvalue weighted by atomic mass is 10.4. The SMILES string of the molecule is Cn1cc(S(=O)(=O)Nc2ccn[nH]2)cc1C(=O)O. The van der Waals surface area contributed by atoms with Gasteiger partial charge < -0.3 is 9.67 Å². The van der Waals surface area contributed by atoms with E-state index in [1.165, 1.54) is 30.1 Å². The molecule has 0 aliphatic heterocycles. The lowest BCUT2D eigenvalue weighted by Gasteiger charge is -2.02. The van der Waals surface area contributed by atoms with Crippen molar-refractivity contribution in [3.8, 4) is 0 Å². The first-order valence-electron chi connectivity index (χ1n) is 4.82. The van der Waals surface area contributed by atoms with Crippen molar-refractivity contribution in [3.63, 3.8) is 0 Å². The number of carbonyl (C=O) groups is 1. The van der Waals surface area contributed by atoms with Crippen molar-refractivity contribution in [2.45, 2.75) is 4.90 Å². The summed E-state index contributed by atoms with van der Waals surface area (Å²) in [6, 6.07) is 2.53. The molecule has 0 saturated carbocycles. The summed E-state index contributed by atoms with van der Waals surface area (Å²) in [4.78, 5) is 10.7. The highest BCUT2D eigenvalue weighted by atomic mass is 32.2. The summed E-state index contributed by atoms with van der Waals surface area (Å²) in [5.74, 6) is -0.990. The van der Waals surface area contributed by atoms with Crippen molar-refractivity contribution in [1.29, 1.82) is 0 Å². The molecule has 0 aromatic carbocycles. The molecular formula is C9H10N4O4S. The van der Waals surface area contributed by atoms with E-state index in [2.05, 4.69) is 14.9 Å². The minimum Gasteiger partial charge on any atom is -0.477 e. The van der Waals surface area contributed by atoms with E-state index >= 15 is 0 Å². The number of sulfonamides is 1. The third-order valence-corrected chi connectivity index (χ3v) is 3.59. The summed E-state index contributed by atoms with van der Waals surface area (Å²) < 4.78 is 27.3. The summed E-state index contributed by atoms with van der Waals surface area (Å²) in [6.45, 7) is 0. The quantitative estimate of drug-likeness (QED) is 0.736. The molecule has 2 rings (SSSR count). The highest BCUT2D eigenvalue weighted by molar-refractivity contribution is 7.92. The zero-order valence-corrected chi connectivity index (χ0v) is 10.1. The molecule has 2 heterocycles. The second kappa shape index (κ2) is 4.18. The van der Waals surface area contributed by atoms with Crippen LogP contribution in [0.5, 0.6) is 0 Å². The fourth-order valence-corrected chi connectivity index (χ4v) is 2.49. The standard InChI is InChI=1S/C9H10N4O4S/c1-13-5-6(4-7(13)9(14)15)18(16,17)12-8-2-3-10-11-8/h2-5H,1H3,(H,14,15)(H2,10,11,12). The fourth-order valence-electron chi connectivity index (χ4n) is 1.41. The van der Waals surface area contributed by atoms with Crippen molar-refractivity contribution < 1.29 is 18.3 Å². The summed E-state index contributed by atoms with van der Waals surface area (Å²) in [5, 5.41) is 14.9. The van der Waals surface area contributed by atoms with Gasteiger partial charge in [-0.2, -0.15) is 5.10 Å². The number of anilines is 1. The smallest absolute Gasteiger partial charge is 0.352 e. The molecule has 0 aliphatic rings. The van der Waals surface area contributed by atoms with Crippen LogP contribution in [0.15, 0.2) is 29.4 Å². The number of nitrogens with one attached hydrogen (secondary N) is 2. The summed E-state index contributed by atoms with van der Waals surface area (Å²) in [6.07, 6.45) is 2.62. The molecule has 3 N–H and O–H groups in total. The van der Waals surface area contributed by atoms with Gasteiger partial charge in [-0.05, 0) is 6.07 Å². The average Bonchev–Trinajstić information content (AvgIpc) is 2.86. The zero-order valence-electron chi connectivity index (χ0n) is 9.28. The van der Waals surface area contributed by atoms with Gasteiger partial charge in [-0.3, -0.25) is 9.82 Å². The van der Waals surface area contributed by atoms with E-state index in [-0.39, 0.29) is 16.4 Å². The van der Waals surface area contributed by atoms with E-state index in [0.717, 1.165) is 6.07 Å². The Bertz CT molecular complexity index is 671. The Morgan fingerprint density at radius 3 is 2.78 bits per heavy atom. The number of hydrogen-bond acceptors (Lipinski definition) is 4. The largest absolute Gasteiger partial charge is 0.477 e. The van der Waals surface area contributed by atoms with Crippen LogP contribution < -0.4 is 4.72 Å². The van der Waals surface area contributed by atoms with E-state index in [0.29, 0.717) is 0 Å². The van der Waals surface area contributed by atoms with Crippen LogP contribution in [0.25, 0.3) is 0 Å². The van der Waals surface area contributed by atoms with Crippen LogP contribution in [0, 0.1) is 0 Å². The Kier molecular flexibility index (Phi) is 2.83.